The van der Waals surface area contributed by atoms with Crippen LogP contribution in [-0.4, -0.2) is 6.04 Å². The standard InChI is InChI=1S/C18H20ClNO/c19-17-7-5-14(6-8-17)12-21-13-16-4-2-1-3-15(16)11-20-18-9-10-18/h1-8,18,20H,9-13H2. The zero-order valence-electron chi connectivity index (χ0n) is 12.0. The van der Waals surface area contributed by atoms with Crippen LogP contribution in [0.5, 0.6) is 0 Å². The Morgan fingerprint density at radius 3 is 2.38 bits per heavy atom. The van der Waals surface area contributed by atoms with Crippen LogP contribution in [0.2, 0.25) is 5.02 Å². The van der Waals surface area contributed by atoms with Crippen LogP contribution in [0.1, 0.15) is 29.5 Å². The maximum atomic E-state index is 5.88. The first-order chi connectivity index (χ1) is 10.3. The van der Waals surface area contributed by atoms with Crippen LogP contribution in [0.15, 0.2) is 48.5 Å². The lowest BCUT2D eigenvalue weighted by atomic mass is 10.1. The van der Waals surface area contributed by atoms with E-state index in [0.717, 1.165) is 23.2 Å². The molecule has 2 nitrogen and oxygen atoms in total. The van der Waals surface area contributed by atoms with Gasteiger partial charge in [0.05, 0.1) is 13.2 Å². The van der Waals surface area contributed by atoms with E-state index in [0.29, 0.717) is 13.2 Å². The highest BCUT2D eigenvalue weighted by molar-refractivity contribution is 6.30. The average Bonchev–Trinajstić information content (AvgIpc) is 3.33. The summed E-state index contributed by atoms with van der Waals surface area (Å²) in [7, 11) is 0. The highest BCUT2D eigenvalue weighted by Gasteiger charge is 2.20. The molecular weight excluding hydrogens is 282 g/mol. The predicted octanol–water partition coefficient (Wildman–Crippen LogP) is 4.31. The summed E-state index contributed by atoms with van der Waals surface area (Å²) in [5.41, 5.74) is 3.74. The molecule has 2 aromatic carbocycles. The minimum Gasteiger partial charge on any atom is -0.372 e. The Hall–Kier alpha value is -1.35. The maximum Gasteiger partial charge on any atom is 0.0724 e. The van der Waals surface area contributed by atoms with Gasteiger partial charge in [-0.2, -0.15) is 0 Å². The van der Waals surface area contributed by atoms with Crippen molar-refractivity contribution in [1.82, 2.24) is 5.32 Å². The third kappa shape index (κ3) is 4.57. The summed E-state index contributed by atoms with van der Waals surface area (Å²) in [6.45, 7) is 2.19. The molecule has 2 aromatic rings. The van der Waals surface area contributed by atoms with Crippen LogP contribution in [-0.2, 0) is 24.5 Å². The zero-order chi connectivity index (χ0) is 14.5. The minimum atomic E-state index is 0.613. The fraction of sp³-hybridized carbons (Fsp3) is 0.333. The Labute approximate surface area is 131 Å². The number of nitrogens with one attached hydrogen (secondary N) is 1. The molecule has 0 saturated heterocycles. The van der Waals surface area contributed by atoms with Crippen molar-refractivity contribution in [1.29, 1.82) is 0 Å². The predicted molar refractivity (Wildman–Crippen MR) is 86.2 cm³/mol. The summed E-state index contributed by atoms with van der Waals surface area (Å²) < 4.78 is 5.84. The number of hydrogen-bond acceptors (Lipinski definition) is 2. The van der Waals surface area contributed by atoms with Crippen LogP contribution in [0.3, 0.4) is 0 Å². The molecule has 1 aliphatic rings. The summed E-state index contributed by atoms with van der Waals surface area (Å²) in [5, 5.41) is 4.32. The smallest absolute Gasteiger partial charge is 0.0724 e. The van der Waals surface area contributed by atoms with Crippen LogP contribution >= 0.6 is 11.6 Å². The molecule has 0 spiro atoms. The second-order valence-corrected chi connectivity index (χ2v) is 5.98. The first kappa shape index (κ1) is 14.6. The summed E-state index contributed by atoms with van der Waals surface area (Å²) in [4.78, 5) is 0. The van der Waals surface area contributed by atoms with Gasteiger partial charge in [0.15, 0.2) is 0 Å². The third-order valence-electron chi connectivity index (χ3n) is 3.72. The van der Waals surface area contributed by atoms with E-state index < -0.39 is 0 Å². The molecule has 110 valence electrons. The molecular formula is C18H20ClNO. The second-order valence-electron chi connectivity index (χ2n) is 5.54. The first-order valence-electron chi connectivity index (χ1n) is 7.43. The first-order valence-corrected chi connectivity index (χ1v) is 7.81. The third-order valence-corrected chi connectivity index (χ3v) is 3.97. The molecule has 0 aromatic heterocycles. The van der Waals surface area contributed by atoms with Gasteiger partial charge in [0.2, 0.25) is 0 Å². The van der Waals surface area contributed by atoms with E-state index >= 15 is 0 Å². The van der Waals surface area contributed by atoms with Gasteiger partial charge in [-0.05, 0) is 41.7 Å². The molecule has 1 saturated carbocycles. The van der Waals surface area contributed by atoms with Gasteiger partial charge in [-0.25, -0.2) is 0 Å². The Bertz CT molecular complexity index is 578. The Morgan fingerprint density at radius 2 is 1.67 bits per heavy atom. The van der Waals surface area contributed by atoms with E-state index in [4.69, 9.17) is 16.3 Å². The topological polar surface area (TPSA) is 21.3 Å². The molecule has 0 heterocycles. The van der Waals surface area contributed by atoms with Gasteiger partial charge >= 0.3 is 0 Å². The molecule has 0 bridgehead atoms. The van der Waals surface area contributed by atoms with Crippen molar-refractivity contribution in [2.24, 2.45) is 0 Å². The van der Waals surface area contributed by atoms with Crippen molar-refractivity contribution in [2.75, 3.05) is 0 Å². The van der Waals surface area contributed by atoms with E-state index in [1.165, 1.54) is 24.0 Å². The Kier molecular flexibility index (Phi) is 4.91. The molecule has 0 amide bonds. The van der Waals surface area contributed by atoms with E-state index in [-0.39, 0.29) is 0 Å². The van der Waals surface area contributed by atoms with Gasteiger partial charge in [0.25, 0.3) is 0 Å². The lowest BCUT2D eigenvalue weighted by Gasteiger charge is -2.11. The highest BCUT2D eigenvalue weighted by atomic mass is 35.5. The van der Waals surface area contributed by atoms with Gasteiger partial charge in [0.1, 0.15) is 0 Å². The molecule has 0 atom stereocenters. The Morgan fingerprint density at radius 1 is 0.952 bits per heavy atom. The molecule has 1 N–H and O–H groups in total. The van der Waals surface area contributed by atoms with Gasteiger partial charge in [-0.3, -0.25) is 0 Å². The van der Waals surface area contributed by atoms with Crippen molar-refractivity contribution in [2.45, 2.75) is 38.6 Å². The Balaban J connectivity index is 1.52. The summed E-state index contributed by atoms with van der Waals surface area (Å²) in [6, 6.07) is 17.0. The molecule has 1 fully saturated rings. The molecule has 3 heteroatoms. The highest BCUT2D eigenvalue weighted by Crippen LogP contribution is 2.20. The summed E-state index contributed by atoms with van der Waals surface area (Å²) in [6.07, 6.45) is 2.63. The van der Waals surface area contributed by atoms with Crippen LogP contribution in [0, 0.1) is 0 Å². The molecule has 1 aliphatic carbocycles. The largest absolute Gasteiger partial charge is 0.372 e. The number of halogens is 1. The zero-order valence-corrected chi connectivity index (χ0v) is 12.8. The normalized spacial score (nSPS) is 14.3. The van der Waals surface area contributed by atoms with Crippen LogP contribution in [0.25, 0.3) is 0 Å². The van der Waals surface area contributed by atoms with Crippen LogP contribution < -0.4 is 5.32 Å². The van der Waals surface area contributed by atoms with Crippen molar-refractivity contribution >= 4 is 11.6 Å². The number of benzene rings is 2. The van der Waals surface area contributed by atoms with Crippen molar-refractivity contribution < 1.29 is 4.74 Å². The monoisotopic (exact) mass is 301 g/mol. The van der Waals surface area contributed by atoms with Crippen molar-refractivity contribution in [3.63, 3.8) is 0 Å². The number of ether oxygens (including phenoxy) is 1. The second kappa shape index (κ2) is 7.08. The SMILES string of the molecule is Clc1ccc(COCc2ccccc2CNC2CC2)cc1. The number of rotatable bonds is 7. The van der Waals surface area contributed by atoms with Gasteiger partial charge < -0.3 is 10.1 Å². The maximum absolute atomic E-state index is 5.88. The van der Waals surface area contributed by atoms with Gasteiger partial charge in [-0.15, -0.1) is 0 Å². The van der Waals surface area contributed by atoms with Gasteiger partial charge in [-0.1, -0.05) is 48.0 Å². The van der Waals surface area contributed by atoms with E-state index in [9.17, 15) is 0 Å². The molecule has 0 radical (unpaired) electrons. The van der Waals surface area contributed by atoms with E-state index in [1.807, 2.05) is 24.3 Å². The van der Waals surface area contributed by atoms with E-state index in [2.05, 4.69) is 29.6 Å². The van der Waals surface area contributed by atoms with Crippen molar-refractivity contribution in [3.05, 3.63) is 70.2 Å². The molecule has 0 aliphatic heterocycles. The van der Waals surface area contributed by atoms with E-state index in [1.54, 1.807) is 0 Å². The quantitative estimate of drug-likeness (QED) is 0.823. The molecule has 21 heavy (non-hydrogen) atoms. The molecule has 3 rings (SSSR count). The fourth-order valence-electron chi connectivity index (χ4n) is 2.27. The minimum absolute atomic E-state index is 0.613. The average molecular weight is 302 g/mol. The lowest BCUT2D eigenvalue weighted by Crippen LogP contribution is -2.16. The van der Waals surface area contributed by atoms with Crippen molar-refractivity contribution in [3.8, 4) is 0 Å². The summed E-state index contributed by atoms with van der Waals surface area (Å²) in [5.74, 6) is 0. The van der Waals surface area contributed by atoms with Crippen LogP contribution in [0.4, 0.5) is 0 Å². The molecule has 0 unspecified atom stereocenters. The van der Waals surface area contributed by atoms with Gasteiger partial charge in [0, 0.05) is 17.6 Å². The fourth-order valence-corrected chi connectivity index (χ4v) is 2.40. The lowest BCUT2D eigenvalue weighted by molar-refractivity contribution is 0.106. The number of hydrogen-bond donors (Lipinski definition) is 1. The summed E-state index contributed by atoms with van der Waals surface area (Å²) >= 11 is 5.88.